The van der Waals surface area contributed by atoms with E-state index < -0.39 is 11.2 Å². The van der Waals surface area contributed by atoms with Gasteiger partial charge in [0.25, 0.3) is 5.56 Å². The van der Waals surface area contributed by atoms with Crippen molar-refractivity contribution in [3.63, 3.8) is 0 Å². The number of hydrogen-bond acceptors (Lipinski definition) is 6. The molecule has 2 heterocycles. The number of nitrogens with one attached hydrogen (secondary N) is 2. The van der Waals surface area contributed by atoms with E-state index in [9.17, 15) is 9.59 Å². The average molecular weight is 293 g/mol. The molecular weight excluding hydrogens is 274 g/mol. The van der Waals surface area contributed by atoms with Crippen LogP contribution in [0.2, 0.25) is 0 Å². The molecule has 0 saturated carbocycles. The number of rotatable bonds is 6. The standard InChI is InChI=1S/C13H19N5O3/c14-10-7(5-3-1-2-4-6-19)9-8(12(20)17-10)11(15)18-13(21)16-9/h19H,1-6H2,(H3,14,17,20)(H3,15,16,18,21). The van der Waals surface area contributed by atoms with Crippen LogP contribution in [0.25, 0.3) is 10.9 Å². The van der Waals surface area contributed by atoms with Gasteiger partial charge < -0.3 is 26.5 Å². The first-order valence-electron chi connectivity index (χ1n) is 6.85. The van der Waals surface area contributed by atoms with Gasteiger partial charge >= 0.3 is 5.69 Å². The van der Waals surface area contributed by atoms with Crippen molar-refractivity contribution in [2.45, 2.75) is 32.1 Å². The number of anilines is 2. The Labute approximate surface area is 120 Å². The van der Waals surface area contributed by atoms with Crippen molar-refractivity contribution in [1.82, 2.24) is 15.0 Å². The van der Waals surface area contributed by atoms with Crippen LogP contribution in [0.1, 0.15) is 31.2 Å². The molecule has 0 fully saturated rings. The minimum absolute atomic E-state index is 0.100. The highest BCUT2D eigenvalue weighted by atomic mass is 16.2. The zero-order valence-corrected chi connectivity index (χ0v) is 11.6. The second-order valence-electron chi connectivity index (χ2n) is 4.91. The molecule has 21 heavy (non-hydrogen) atoms. The van der Waals surface area contributed by atoms with Gasteiger partial charge in [-0.1, -0.05) is 12.8 Å². The Kier molecular flexibility index (Phi) is 4.59. The quantitative estimate of drug-likeness (QED) is 0.468. The molecule has 0 unspecified atom stereocenters. The monoisotopic (exact) mass is 293 g/mol. The highest BCUT2D eigenvalue weighted by Crippen LogP contribution is 2.21. The van der Waals surface area contributed by atoms with Crippen LogP contribution in [0.4, 0.5) is 11.6 Å². The van der Waals surface area contributed by atoms with E-state index in [1.165, 1.54) is 0 Å². The van der Waals surface area contributed by atoms with Gasteiger partial charge in [-0.05, 0) is 19.3 Å². The van der Waals surface area contributed by atoms with Gasteiger partial charge in [0.1, 0.15) is 17.0 Å². The van der Waals surface area contributed by atoms with E-state index in [4.69, 9.17) is 16.6 Å². The number of aliphatic hydroxyl groups is 1. The Bertz CT molecular complexity index is 750. The number of aromatic nitrogens is 3. The first-order chi connectivity index (χ1) is 10.0. The van der Waals surface area contributed by atoms with E-state index in [2.05, 4.69) is 15.0 Å². The van der Waals surface area contributed by atoms with Crippen molar-refractivity contribution in [1.29, 1.82) is 0 Å². The summed E-state index contributed by atoms with van der Waals surface area (Å²) in [7, 11) is 0. The van der Waals surface area contributed by atoms with Crippen LogP contribution < -0.4 is 22.7 Å². The second kappa shape index (κ2) is 6.40. The highest BCUT2D eigenvalue weighted by molar-refractivity contribution is 5.91. The summed E-state index contributed by atoms with van der Waals surface area (Å²) in [5, 5.41) is 8.90. The zero-order chi connectivity index (χ0) is 15.4. The third-order valence-electron chi connectivity index (χ3n) is 3.40. The summed E-state index contributed by atoms with van der Waals surface area (Å²) >= 11 is 0. The Morgan fingerprint density at radius 1 is 1.05 bits per heavy atom. The lowest BCUT2D eigenvalue weighted by atomic mass is 10.0. The number of aromatic amines is 2. The lowest BCUT2D eigenvalue weighted by Crippen LogP contribution is -2.21. The number of hydrogen-bond donors (Lipinski definition) is 5. The lowest BCUT2D eigenvalue weighted by molar-refractivity contribution is 0.282. The molecule has 0 bridgehead atoms. The van der Waals surface area contributed by atoms with E-state index in [0.29, 0.717) is 17.5 Å². The number of fused-ring (bicyclic) bond motifs is 1. The summed E-state index contributed by atoms with van der Waals surface area (Å²) in [5.41, 5.74) is 11.5. The Hall–Kier alpha value is -2.35. The van der Waals surface area contributed by atoms with Crippen LogP contribution in [0.15, 0.2) is 9.59 Å². The Morgan fingerprint density at radius 3 is 2.48 bits per heavy atom. The molecule has 0 amide bonds. The minimum atomic E-state index is -0.605. The van der Waals surface area contributed by atoms with Crippen molar-refractivity contribution in [3.8, 4) is 0 Å². The zero-order valence-electron chi connectivity index (χ0n) is 11.6. The molecule has 0 aliphatic rings. The van der Waals surface area contributed by atoms with Crippen LogP contribution in [0, 0.1) is 0 Å². The fourth-order valence-corrected chi connectivity index (χ4v) is 2.37. The topological polar surface area (TPSA) is 151 Å². The summed E-state index contributed by atoms with van der Waals surface area (Å²) in [5.74, 6) is 0.132. The fraction of sp³-hybridized carbons (Fsp3) is 0.462. The second-order valence-corrected chi connectivity index (χ2v) is 4.91. The van der Waals surface area contributed by atoms with Gasteiger partial charge in [-0.2, -0.15) is 4.98 Å². The van der Waals surface area contributed by atoms with E-state index in [1.807, 2.05) is 0 Å². The maximum atomic E-state index is 11.9. The number of nitrogens with zero attached hydrogens (tertiary/aromatic N) is 1. The normalized spacial score (nSPS) is 11.1. The summed E-state index contributed by atoms with van der Waals surface area (Å²) in [4.78, 5) is 32.0. The largest absolute Gasteiger partial charge is 0.396 e. The maximum absolute atomic E-state index is 11.9. The fourth-order valence-electron chi connectivity index (χ4n) is 2.37. The molecule has 0 aromatic carbocycles. The molecule has 0 radical (unpaired) electrons. The van der Waals surface area contributed by atoms with Crippen molar-refractivity contribution in [2.75, 3.05) is 18.1 Å². The van der Waals surface area contributed by atoms with E-state index in [-0.39, 0.29) is 23.6 Å². The maximum Gasteiger partial charge on any atom is 0.347 e. The number of nitrogen functional groups attached to an aromatic ring is 2. The molecular formula is C13H19N5O3. The number of pyridine rings is 1. The Morgan fingerprint density at radius 2 is 1.76 bits per heavy atom. The molecule has 0 spiro atoms. The van der Waals surface area contributed by atoms with E-state index >= 15 is 0 Å². The van der Waals surface area contributed by atoms with Crippen molar-refractivity contribution >= 4 is 22.5 Å². The molecule has 8 heteroatoms. The van der Waals surface area contributed by atoms with Crippen molar-refractivity contribution in [2.24, 2.45) is 0 Å². The predicted molar refractivity (Wildman–Crippen MR) is 81.1 cm³/mol. The van der Waals surface area contributed by atoms with Crippen LogP contribution in [-0.4, -0.2) is 26.7 Å². The lowest BCUT2D eigenvalue weighted by Gasteiger charge is -2.10. The molecule has 2 aromatic rings. The van der Waals surface area contributed by atoms with E-state index in [0.717, 1.165) is 25.7 Å². The molecule has 0 atom stereocenters. The molecule has 2 rings (SSSR count). The third kappa shape index (κ3) is 3.22. The Balaban J connectivity index is 2.38. The predicted octanol–water partition coefficient (Wildman–Crippen LogP) is -0.129. The molecule has 114 valence electrons. The molecule has 0 saturated heterocycles. The van der Waals surface area contributed by atoms with Crippen LogP contribution in [-0.2, 0) is 6.42 Å². The van der Waals surface area contributed by atoms with Crippen LogP contribution in [0.3, 0.4) is 0 Å². The van der Waals surface area contributed by atoms with Crippen molar-refractivity contribution in [3.05, 3.63) is 26.4 Å². The number of aryl methyl sites for hydroxylation is 1. The molecule has 7 N–H and O–H groups in total. The van der Waals surface area contributed by atoms with Gasteiger partial charge in [0.2, 0.25) is 0 Å². The minimum Gasteiger partial charge on any atom is -0.396 e. The number of unbranched alkanes of at least 4 members (excludes halogenated alkanes) is 3. The first kappa shape index (κ1) is 15.0. The van der Waals surface area contributed by atoms with Gasteiger partial charge in [0, 0.05) is 12.2 Å². The number of H-pyrrole nitrogens is 2. The van der Waals surface area contributed by atoms with E-state index in [1.54, 1.807) is 0 Å². The summed E-state index contributed by atoms with van der Waals surface area (Å²) in [6.45, 7) is 0.180. The summed E-state index contributed by atoms with van der Waals surface area (Å²) in [6, 6.07) is 0. The highest BCUT2D eigenvalue weighted by Gasteiger charge is 2.14. The number of nitrogens with two attached hydrogens (primary N) is 2. The van der Waals surface area contributed by atoms with Gasteiger partial charge in [-0.25, -0.2) is 4.79 Å². The smallest absolute Gasteiger partial charge is 0.347 e. The SMILES string of the molecule is Nc1[nH]c(=O)c2c(N)nc(=O)[nH]c2c1CCCCCCO. The molecule has 0 aliphatic carbocycles. The molecule has 0 aliphatic heterocycles. The van der Waals surface area contributed by atoms with Gasteiger partial charge in [-0.3, -0.25) is 4.79 Å². The molecule has 2 aromatic heterocycles. The summed E-state index contributed by atoms with van der Waals surface area (Å²) < 4.78 is 0. The van der Waals surface area contributed by atoms with Gasteiger partial charge in [0.15, 0.2) is 0 Å². The number of aliphatic hydroxyl groups excluding tert-OH is 1. The average Bonchev–Trinajstić information content (AvgIpc) is 2.40. The van der Waals surface area contributed by atoms with Crippen LogP contribution in [0.5, 0.6) is 0 Å². The third-order valence-corrected chi connectivity index (χ3v) is 3.40. The summed E-state index contributed by atoms with van der Waals surface area (Å²) in [6.07, 6.45) is 4.03. The van der Waals surface area contributed by atoms with Gasteiger partial charge in [0.05, 0.1) is 5.52 Å². The van der Waals surface area contributed by atoms with Crippen molar-refractivity contribution < 1.29 is 5.11 Å². The van der Waals surface area contributed by atoms with Crippen LogP contribution >= 0.6 is 0 Å². The van der Waals surface area contributed by atoms with Gasteiger partial charge in [-0.15, -0.1) is 0 Å². The first-order valence-corrected chi connectivity index (χ1v) is 6.85. The molecule has 8 nitrogen and oxygen atoms in total.